The highest BCUT2D eigenvalue weighted by Crippen LogP contribution is 2.45. The maximum atomic E-state index is 14.1. The molecule has 0 bridgehead atoms. The predicted molar refractivity (Wildman–Crippen MR) is 205 cm³/mol. The molecule has 2 saturated heterocycles. The molecule has 1 amide bonds. The van der Waals surface area contributed by atoms with Gasteiger partial charge in [0.1, 0.15) is 12.0 Å². The van der Waals surface area contributed by atoms with E-state index >= 15 is 0 Å². The molecule has 5 aromatic rings. The lowest BCUT2D eigenvalue weighted by Gasteiger charge is -2.35. The van der Waals surface area contributed by atoms with E-state index in [2.05, 4.69) is 22.0 Å². The largest absolute Gasteiger partial charge is 0.459 e. The average Bonchev–Trinajstić information content (AvgIpc) is 3.93. The van der Waals surface area contributed by atoms with Crippen LogP contribution < -0.4 is 0 Å². The van der Waals surface area contributed by atoms with Crippen LogP contribution in [0.5, 0.6) is 0 Å². The molecule has 3 aliphatic rings. The Morgan fingerprint density at radius 1 is 0.906 bits per heavy atom. The first kappa shape index (κ1) is 35.3. The van der Waals surface area contributed by atoms with Gasteiger partial charge in [-0.25, -0.2) is 4.98 Å². The van der Waals surface area contributed by atoms with Crippen LogP contribution in [0, 0.1) is 11.3 Å². The number of halogens is 2. The van der Waals surface area contributed by atoms with E-state index in [9.17, 15) is 9.59 Å². The van der Waals surface area contributed by atoms with Gasteiger partial charge in [-0.1, -0.05) is 71.7 Å². The maximum Gasteiger partial charge on any atom is 0.255 e. The molecule has 2 fully saturated rings. The second-order valence-electron chi connectivity index (χ2n) is 14.3. The topological polar surface area (TPSA) is 89.8 Å². The fourth-order valence-electron chi connectivity index (χ4n) is 7.94. The number of pyridine rings is 1. The molecular weight excluding hydrogens is 709 g/mol. The van der Waals surface area contributed by atoms with Gasteiger partial charge in [0.2, 0.25) is 12.1 Å². The van der Waals surface area contributed by atoms with E-state index < -0.39 is 11.7 Å². The first-order chi connectivity index (χ1) is 25.8. The van der Waals surface area contributed by atoms with Crippen molar-refractivity contribution in [3.8, 4) is 0 Å². The third kappa shape index (κ3) is 7.56. The number of ether oxygens (including phenoxy) is 2. The third-order valence-electron chi connectivity index (χ3n) is 10.9. The minimum atomic E-state index is -0.428. The number of para-hydroxylation sites is 2. The molecule has 2 aromatic heterocycles. The van der Waals surface area contributed by atoms with Gasteiger partial charge in [0.05, 0.1) is 39.3 Å². The van der Waals surface area contributed by atoms with Crippen molar-refractivity contribution < 1.29 is 19.1 Å². The molecule has 3 aliphatic heterocycles. The molecule has 3 aromatic carbocycles. The summed E-state index contributed by atoms with van der Waals surface area (Å²) in [5, 5.41) is 0.828. The summed E-state index contributed by atoms with van der Waals surface area (Å²) in [6.07, 6.45) is 6.74. The van der Waals surface area contributed by atoms with Crippen molar-refractivity contribution in [3.05, 3.63) is 142 Å². The molecular formula is C42H41Cl2N5O4. The molecule has 9 nitrogen and oxygen atoms in total. The highest BCUT2D eigenvalue weighted by atomic mass is 35.5. The number of imidazole rings is 1. The van der Waals surface area contributed by atoms with Crippen molar-refractivity contribution >= 4 is 45.9 Å². The SMILES string of the molecule is O=C(c1nc2ccccc2n1Cc1ccccn1)C1CCN(CCC2(C3=COC(Cc4ccccc4)O3)CCN(C(=O)c3ccc(Cl)cc3Cl)C2)CC1. The second-order valence-corrected chi connectivity index (χ2v) is 15.1. The number of hydrogen-bond acceptors (Lipinski definition) is 7. The van der Waals surface area contributed by atoms with Crippen LogP contribution in [-0.2, 0) is 22.4 Å². The Labute approximate surface area is 319 Å². The Bertz CT molecular complexity index is 2130. The van der Waals surface area contributed by atoms with Crippen molar-refractivity contribution in [2.24, 2.45) is 11.3 Å². The van der Waals surface area contributed by atoms with Gasteiger partial charge in [-0.05, 0) is 93.3 Å². The number of carbonyl (C=O) groups is 2. The number of carbonyl (C=O) groups excluding carboxylic acids is 2. The molecule has 11 heteroatoms. The Kier molecular flexibility index (Phi) is 10.2. The van der Waals surface area contributed by atoms with Crippen LogP contribution in [0.25, 0.3) is 11.0 Å². The van der Waals surface area contributed by atoms with Crippen LogP contribution in [-0.4, -0.2) is 75.0 Å². The van der Waals surface area contributed by atoms with Gasteiger partial charge in [-0.15, -0.1) is 0 Å². The minimum Gasteiger partial charge on any atom is -0.459 e. The zero-order chi connectivity index (χ0) is 36.4. The first-order valence-corrected chi connectivity index (χ1v) is 19.0. The van der Waals surface area contributed by atoms with Crippen molar-refractivity contribution in [3.63, 3.8) is 0 Å². The van der Waals surface area contributed by atoms with Crippen LogP contribution >= 0.6 is 23.2 Å². The fourth-order valence-corrected chi connectivity index (χ4v) is 8.43. The Morgan fingerprint density at radius 2 is 1.70 bits per heavy atom. The third-order valence-corrected chi connectivity index (χ3v) is 11.5. The van der Waals surface area contributed by atoms with Crippen molar-refractivity contribution in [2.75, 3.05) is 32.7 Å². The molecule has 0 spiro atoms. The molecule has 272 valence electrons. The van der Waals surface area contributed by atoms with E-state index in [1.807, 2.05) is 70.1 Å². The van der Waals surface area contributed by atoms with E-state index in [0.717, 1.165) is 73.4 Å². The zero-order valence-electron chi connectivity index (χ0n) is 29.4. The summed E-state index contributed by atoms with van der Waals surface area (Å²) < 4.78 is 14.6. The number of hydrogen-bond donors (Lipinski definition) is 0. The smallest absolute Gasteiger partial charge is 0.255 e. The number of piperidine rings is 1. The van der Waals surface area contributed by atoms with Crippen LogP contribution in [0.15, 0.2) is 109 Å². The lowest BCUT2D eigenvalue weighted by Crippen LogP contribution is -2.41. The Balaban J connectivity index is 0.950. The quantitative estimate of drug-likeness (QED) is 0.126. The number of nitrogens with zero attached hydrogens (tertiary/aromatic N) is 5. The Hall–Kier alpha value is -4.70. The van der Waals surface area contributed by atoms with Gasteiger partial charge >= 0.3 is 0 Å². The number of ketones is 1. The predicted octanol–water partition coefficient (Wildman–Crippen LogP) is 8.06. The van der Waals surface area contributed by atoms with E-state index in [4.69, 9.17) is 37.7 Å². The van der Waals surface area contributed by atoms with Crippen molar-refractivity contribution in [1.29, 1.82) is 0 Å². The summed E-state index contributed by atoms with van der Waals surface area (Å²) in [5.41, 5.74) is 3.77. The monoisotopic (exact) mass is 749 g/mol. The molecule has 2 atom stereocenters. The summed E-state index contributed by atoms with van der Waals surface area (Å²) >= 11 is 12.6. The lowest BCUT2D eigenvalue weighted by molar-refractivity contribution is -0.0453. The lowest BCUT2D eigenvalue weighted by atomic mass is 9.81. The molecule has 0 N–H and O–H groups in total. The standard InChI is InChI=1S/C42H41Cl2N5O4/c43-31-13-14-33(34(44)25-31)41(51)48-23-18-42(28-48,37-27-52-38(53-37)24-29-8-2-1-3-9-29)17-22-47-20-15-30(16-21-47)39(50)40-46-35-11-4-5-12-36(35)49(40)26-32-10-6-7-19-45-32/h1-14,19,25,27,30,38H,15-18,20-24,26,28H2. The fraction of sp³-hybridized carbons (Fsp3) is 0.333. The van der Waals surface area contributed by atoms with Gasteiger partial charge in [0, 0.05) is 36.6 Å². The first-order valence-electron chi connectivity index (χ1n) is 18.3. The average molecular weight is 751 g/mol. The summed E-state index contributed by atoms with van der Waals surface area (Å²) in [4.78, 5) is 41.5. The number of rotatable bonds is 11. The summed E-state index contributed by atoms with van der Waals surface area (Å²) in [5.74, 6) is 1.14. The number of likely N-dealkylation sites (tertiary alicyclic amines) is 2. The number of aromatic nitrogens is 3. The molecule has 0 saturated carbocycles. The summed E-state index contributed by atoms with van der Waals surface area (Å²) in [7, 11) is 0. The van der Waals surface area contributed by atoms with E-state index in [1.165, 1.54) is 0 Å². The molecule has 0 radical (unpaired) electrons. The van der Waals surface area contributed by atoms with Crippen LogP contribution in [0.1, 0.15) is 57.9 Å². The van der Waals surface area contributed by atoms with Crippen LogP contribution in [0.2, 0.25) is 10.0 Å². The number of Topliss-reactive ketones (excluding diaryl/α,β-unsaturated/α-hetero) is 1. The van der Waals surface area contributed by atoms with Gasteiger partial charge in [-0.3, -0.25) is 14.6 Å². The van der Waals surface area contributed by atoms with Gasteiger partial charge in [0.25, 0.3) is 5.91 Å². The van der Waals surface area contributed by atoms with Crippen LogP contribution in [0.3, 0.4) is 0 Å². The minimum absolute atomic E-state index is 0.0881. The number of amides is 1. The number of benzene rings is 3. The van der Waals surface area contributed by atoms with Crippen LogP contribution in [0.4, 0.5) is 0 Å². The van der Waals surface area contributed by atoms with Gasteiger partial charge < -0.3 is 23.8 Å². The summed E-state index contributed by atoms with van der Waals surface area (Å²) in [6.45, 7) is 3.93. The normalized spacial score (nSPS) is 20.7. The molecule has 53 heavy (non-hydrogen) atoms. The Morgan fingerprint density at radius 3 is 2.49 bits per heavy atom. The highest BCUT2D eigenvalue weighted by Gasteiger charge is 2.47. The molecule has 2 unspecified atom stereocenters. The molecule has 0 aliphatic carbocycles. The van der Waals surface area contributed by atoms with Gasteiger partial charge in [0.15, 0.2) is 5.82 Å². The van der Waals surface area contributed by atoms with E-state index in [1.54, 1.807) is 30.7 Å². The van der Waals surface area contributed by atoms with E-state index in [-0.39, 0.29) is 17.6 Å². The molecule has 5 heterocycles. The maximum absolute atomic E-state index is 14.1. The van der Waals surface area contributed by atoms with E-state index in [0.29, 0.717) is 47.5 Å². The summed E-state index contributed by atoms with van der Waals surface area (Å²) in [6, 6.07) is 28.9. The van der Waals surface area contributed by atoms with Crippen molar-refractivity contribution in [2.45, 2.75) is 44.9 Å². The van der Waals surface area contributed by atoms with Crippen molar-refractivity contribution in [1.82, 2.24) is 24.3 Å². The zero-order valence-corrected chi connectivity index (χ0v) is 30.9. The second kappa shape index (κ2) is 15.3. The molecule has 8 rings (SSSR count). The van der Waals surface area contributed by atoms with Gasteiger partial charge in [-0.2, -0.15) is 0 Å². The number of fused-ring (bicyclic) bond motifs is 1. The highest BCUT2D eigenvalue weighted by molar-refractivity contribution is 6.36.